The monoisotopic (exact) mass is 359 g/mol. The fraction of sp³-hybridized carbons (Fsp3) is 0.600. The van der Waals surface area contributed by atoms with Crippen LogP contribution in [0.1, 0.15) is 55.5 Å². The molecule has 4 N–H and O–H groups in total. The molecule has 6 nitrogen and oxygen atoms in total. The highest BCUT2D eigenvalue weighted by atomic mass is 16.3. The molecule has 0 saturated heterocycles. The summed E-state index contributed by atoms with van der Waals surface area (Å²) in [5.41, 5.74) is 1.88. The van der Waals surface area contributed by atoms with Crippen LogP contribution < -0.4 is 16.0 Å². The second-order valence-electron chi connectivity index (χ2n) is 8.14. The number of hydrogen-bond acceptors (Lipinski definition) is 3. The van der Waals surface area contributed by atoms with Crippen molar-refractivity contribution in [2.24, 2.45) is 11.3 Å². The summed E-state index contributed by atoms with van der Waals surface area (Å²) < 4.78 is 0. The highest BCUT2D eigenvalue weighted by Gasteiger charge is 2.49. The van der Waals surface area contributed by atoms with Gasteiger partial charge in [-0.25, -0.2) is 4.79 Å². The predicted molar refractivity (Wildman–Crippen MR) is 101 cm³/mol. The molecule has 0 aliphatic heterocycles. The number of nitrogens with one attached hydrogen (secondary N) is 3. The number of carbonyl (C=O) groups excluding carboxylic acids is 2. The molecule has 3 amide bonds. The minimum absolute atomic E-state index is 0.104. The maximum Gasteiger partial charge on any atom is 0.319 e. The minimum Gasteiger partial charge on any atom is -0.392 e. The molecular formula is C20H29N3O3. The smallest absolute Gasteiger partial charge is 0.319 e. The van der Waals surface area contributed by atoms with Crippen molar-refractivity contribution in [3.05, 3.63) is 29.3 Å². The van der Waals surface area contributed by atoms with Crippen molar-refractivity contribution in [2.75, 3.05) is 11.9 Å². The number of urea groups is 1. The van der Waals surface area contributed by atoms with Gasteiger partial charge in [0.05, 0.1) is 6.10 Å². The Kier molecular flexibility index (Phi) is 5.23. The fourth-order valence-electron chi connectivity index (χ4n) is 3.26. The van der Waals surface area contributed by atoms with Crippen molar-refractivity contribution in [1.82, 2.24) is 10.6 Å². The minimum atomic E-state index is -0.404. The maximum absolute atomic E-state index is 12.3. The van der Waals surface area contributed by atoms with Crippen molar-refractivity contribution in [3.63, 3.8) is 0 Å². The van der Waals surface area contributed by atoms with Gasteiger partial charge in [-0.05, 0) is 56.2 Å². The number of hydrogen-bond donors (Lipinski definition) is 4. The number of aliphatic hydroxyl groups excluding tert-OH is 1. The number of amides is 3. The van der Waals surface area contributed by atoms with Gasteiger partial charge < -0.3 is 21.1 Å². The van der Waals surface area contributed by atoms with E-state index in [-0.39, 0.29) is 23.3 Å². The zero-order valence-electron chi connectivity index (χ0n) is 15.8. The van der Waals surface area contributed by atoms with E-state index in [0.717, 1.165) is 31.2 Å². The largest absolute Gasteiger partial charge is 0.392 e. The van der Waals surface area contributed by atoms with Crippen molar-refractivity contribution in [1.29, 1.82) is 0 Å². The van der Waals surface area contributed by atoms with E-state index in [9.17, 15) is 14.7 Å². The number of rotatable bonds is 7. The quantitative estimate of drug-likeness (QED) is 0.603. The molecule has 0 aromatic heterocycles. The van der Waals surface area contributed by atoms with E-state index in [2.05, 4.69) is 16.0 Å². The third-order valence-electron chi connectivity index (χ3n) is 5.41. The molecule has 1 aromatic carbocycles. The van der Waals surface area contributed by atoms with Gasteiger partial charge in [-0.3, -0.25) is 4.79 Å². The standard InChI is InChI=1S/C20H29N3O3/c1-12(2)17(24)20(8-9-20)11-21-19(26)23-16-10-14(5-4-13(16)3)18(25)22-15-6-7-15/h4-5,10,12,15,17,24H,6-9,11H2,1-3H3,(H,22,25)(H2,21,23,26)/t17-/m0/s1. The van der Waals surface area contributed by atoms with E-state index < -0.39 is 6.10 Å². The average molecular weight is 359 g/mol. The molecule has 1 aromatic rings. The molecule has 2 saturated carbocycles. The lowest BCUT2D eigenvalue weighted by Gasteiger charge is -2.25. The number of aryl methyl sites for hydroxylation is 1. The summed E-state index contributed by atoms with van der Waals surface area (Å²) in [6.45, 7) is 6.33. The summed E-state index contributed by atoms with van der Waals surface area (Å²) in [5.74, 6) is 0.0687. The fourth-order valence-corrected chi connectivity index (χ4v) is 3.26. The molecule has 2 aliphatic rings. The highest BCUT2D eigenvalue weighted by Crippen LogP contribution is 2.50. The Morgan fingerprint density at radius 1 is 1.27 bits per heavy atom. The van der Waals surface area contributed by atoms with Crippen LogP contribution >= 0.6 is 0 Å². The summed E-state index contributed by atoms with van der Waals surface area (Å²) in [5, 5.41) is 19.0. The third kappa shape index (κ3) is 4.36. The molecule has 0 bridgehead atoms. The summed E-state index contributed by atoms with van der Waals surface area (Å²) in [6.07, 6.45) is 3.54. The second kappa shape index (κ2) is 7.27. The SMILES string of the molecule is Cc1ccc(C(=O)NC2CC2)cc1NC(=O)NCC1([C@@H](O)C(C)C)CC1. The Bertz CT molecular complexity index is 694. The predicted octanol–water partition coefficient (Wildman–Crippen LogP) is 2.81. The molecule has 142 valence electrons. The summed E-state index contributed by atoms with van der Waals surface area (Å²) in [7, 11) is 0. The van der Waals surface area contributed by atoms with Crippen molar-refractivity contribution < 1.29 is 14.7 Å². The molecule has 6 heteroatoms. The molecule has 2 fully saturated rings. The first-order valence-electron chi connectivity index (χ1n) is 9.45. The number of benzene rings is 1. The van der Waals surface area contributed by atoms with Crippen LogP contribution in [-0.4, -0.2) is 35.7 Å². The Morgan fingerprint density at radius 2 is 1.96 bits per heavy atom. The van der Waals surface area contributed by atoms with Gasteiger partial charge in [0.25, 0.3) is 5.91 Å². The summed E-state index contributed by atoms with van der Waals surface area (Å²) >= 11 is 0. The van der Waals surface area contributed by atoms with Gasteiger partial charge in [0.2, 0.25) is 0 Å². The van der Waals surface area contributed by atoms with E-state index in [1.54, 1.807) is 12.1 Å². The molecule has 1 atom stereocenters. The molecule has 2 aliphatic carbocycles. The van der Waals surface area contributed by atoms with E-state index >= 15 is 0 Å². The first-order chi connectivity index (χ1) is 12.3. The maximum atomic E-state index is 12.3. The molecule has 0 spiro atoms. The number of carbonyl (C=O) groups is 2. The van der Waals surface area contributed by atoms with Gasteiger partial charge in [0.1, 0.15) is 0 Å². The van der Waals surface area contributed by atoms with Crippen LogP contribution in [0.4, 0.5) is 10.5 Å². The molecule has 0 unspecified atom stereocenters. The van der Waals surface area contributed by atoms with Crippen LogP contribution in [0.3, 0.4) is 0 Å². The van der Waals surface area contributed by atoms with Gasteiger partial charge in [0.15, 0.2) is 0 Å². The van der Waals surface area contributed by atoms with Gasteiger partial charge in [0, 0.05) is 29.3 Å². The summed E-state index contributed by atoms with van der Waals surface area (Å²) in [6, 6.07) is 5.31. The second-order valence-corrected chi connectivity index (χ2v) is 8.14. The Labute approximate surface area is 154 Å². The molecule has 3 rings (SSSR count). The Morgan fingerprint density at radius 3 is 2.54 bits per heavy atom. The zero-order chi connectivity index (χ0) is 18.9. The topological polar surface area (TPSA) is 90.5 Å². The van der Waals surface area contributed by atoms with Crippen molar-refractivity contribution >= 4 is 17.6 Å². The normalized spacial score (nSPS) is 19.0. The molecular weight excluding hydrogens is 330 g/mol. The van der Waals surface area contributed by atoms with E-state index in [1.165, 1.54) is 0 Å². The number of aliphatic hydroxyl groups is 1. The van der Waals surface area contributed by atoms with Gasteiger partial charge in [-0.15, -0.1) is 0 Å². The van der Waals surface area contributed by atoms with Crippen LogP contribution in [0.5, 0.6) is 0 Å². The first-order valence-corrected chi connectivity index (χ1v) is 9.45. The lowest BCUT2D eigenvalue weighted by molar-refractivity contribution is 0.0518. The highest BCUT2D eigenvalue weighted by molar-refractivity contribution is 5.97. The molecule has 0 heterocycles. The van der Waals surface area contributed by atoms with Crippen molar-refractivity contribution in [3.8, 4) is 0 Å². The van der Waals surface area contributed by atoms with Crippen LogP contribution in [0.2, 0.25) is 0 Å². The van der Waals surface area contributed by atoms with E-state index in [0.29, 0.717) is 23.8 Å². The Balaban J connectivity index is 1.57. The Hall–Kier alpha value is -2.08. The van der Waals surface area contributed by atoms with Crippen LogP contribution in [0.25, 0.3) is 0 Å². The lowest BCUT2D eigenvalue weighted by atomic mass is 9.90. The van der Waals surface area contributed by atoms with Crippen LogP contribution in [0.15, 0.2) is 18.2 Å². The number of anilines is 1. The van der Waals surface area contributed by atoms with E-state index in [1.807, 2.05) is 26.8 Å². The van der Waals surface area contributed by atoms with E-state index in [4.69, 9.17) is 0 Å². The molecule has 0 radical (unpaired) electrons. The summed E-state index contributed by atoms with van der Waals surface area (Å²) in [4.78, 5) is 24.5. The van der Waals surface area contributed by atoms with Crippen LogP contribution in [0, 0.1) is 18.3 Å². The van der Waals surface area contributed by atoms with Crippen molar-refractivity contribution in [2.45, 2.75) is 58.6 Å². The first kappa shape index (κ1) is 18.7. The lowest BCUT2D eigenvalue weighted by Crippen LogP contribution is -2.40. The van der Waals surface area contributed by atoms with Crippen LogP contribution in [-0.2, 0) is 0 Å². The van der Waals surface area contributed by atoms with Gasteiger partial charge in [-0.2, -0.15) is 0 Å². The van der Waals surface area contributed by atoms with Gasteiger partial charge in [-0.1, -0.05) is 19.9 Å². The third-order valence-corrected chi connectivity index (χ3v) is 5.41. The zero-order valence-corrected chi connectivity index (χ0v) is 15.8. The average Bonchev–Trinajstić information content (AvgIpc) is 3.50. The molecule has 26 heavy (non-hydrogen) atoms. The van der Waals surface area contributed by atoms with Gasteiger partial charge >= 0.3 is 6.03 Å².